The van der Waals surface area contributed by atoms with E-state index in [0.717, 1.165) is 42.9 Å². The molecule has 2 aliphatic carbocycles. The van der Waals surface area contributed by atoms with Gasteiger partial charge < -0.3 is 19.1 Å². The van der Waals surface area contributed by atoms with Gasteiger partial charge in [-0.3, -0.25) is 4.21 Å². The number of piperidine rings is 1. The van der Waals surface area contributed by atoms with E-state index in [9.17, 15) is 17.5 Å². The number of rotatable bonds is 7. The summed E-state index contributed by atoms with van der Waals surface area (Å²) < 4.78 is 60.5. The van der Waals surface area contributed by atoms with Gasteiger partial charge in [0.1, 0.15) is 17.0 Å². The summed E-state index contributed by atoms with van der Waals surface area (Å²) in [6, 6.07) is 14.3. The molecule has 2 saturated heterocycles. The maximum atomic E-state index is 14.0. The number of halogens is 2. The lowest BCUT2D eigenvalue weighted by Crippen LogP contribution is -2.55. The summed E-state index contributed by atoms with van der Waals surface area (Å²) in [5.74, 6) is 0.0495. The van der Waals surface area contributed by atoms with Gasteiger partial charge in [-0.25, -0.2) is 13.5 Å². The molecule has 0 radical (unpaired) electrons. The molecule has 3 fully saturated rings. The maximum Gasteiger partial charge on any atom is 0.139 e. The molecule has 4 aliphatic rings. The highest BCUT2D eigenvalue weighted by atomic mass is 32.2. The molecule has 4 atom stereocenters. The van der Waals surface area contributed by atoms with Crippen LogP contribution in [0.1, 0.15) is 36.9 Å². The number of benzene rings is 2. The topological polar surface area (TPSA) is 73.7 Å². The fourth-order valence-electron chi connectivity index (χ4n) is 7.26. The first-order valence-electron chi connectivity index (χ1n) is 14.3. The van der Waals surface area contributed by atoms with Gasteiger partial charge in [-0.15, -0.1) is 0 Å². The van der Waals surface area contributed by atoms with Crippen LogP contribution in [0.25, 0.3) is 11.8 Å². The number of methoxy groups -OCH3 is 1. The predicted octanol–water partition coefficient (Wildman–Crippen LogP) is 5.06. The first-order chi connectivity index (χ1) is 19.9. The highest BCUT2D eigenvalue weighted by Gasteiger charge is 2.54. The maximum absolute atomic E-state index is 14.0. The van der Waals surface area contributed by atoms with Crippen LogP contribution in [-0.2, 0) is 22.2 Å². The summed E-state index contributed by atoms with van der Waals surface area (Å²) in [5.41, 5.74) is 4.93. The molecule has 2 unspecified atom stereocenters. The monoisotopic (exact) mass is 579 g/mol. The predicted molar refractivity (Wildman–Crippen MR) is 153 cm³/mol. The van der Waals surface area contributed by atoms with Gasteiger partial charge in [0.15, 0.2) is 0 Å². The molecule has 0 amide bonds. The zero-order valence-corrected chi connectivity index (χ0v) is 23.8. The molecule has 1 aromatic heterocycles. The van der Waals surface area contributed by atoms with Crippen molar-refractivity contribution in [3.8, 4) is 5.69 Å². The number of anilines is 2. The molecule has 3 aromatic rings. The number of fused-ring (bicyclic) bond motifs is 2. The normalized spacial score (nSPS) is 25.5. The third-order valence-corrected chi connectivity index (χ3v) is 9.97. The van der Waals surface area contributed by atoms with Crippen molar-refractivity contribution in [2.45, 2.75) is 49.4 Å². The minimum atomic E-state index is -2.54. The Bertz CT molecular complexity index is 1520. The molecule has 216 valence electrons. The van der Waals surface area contributed by atoms with Crippen LogP contribution in [0.3, 0.4) is 0 Å². The van der Waals surface area contributed by atoms with Crippen LogP contribution < -0.4 is 9.80 Å². The van der Waals surface area contributed by atoms with Crippen LogP contribution in [-0.4, -0.2) is 64.1 Å². The van der Waals surface area contributed by atoms with E-state index >= 15 is 0 Å². The first-order valence-corrected chi connectivity index (χ1v) is 15.4. The average Bonchev–Trinajstić information content (AvgIpc) is 3.60. The van der Waals surface area contributed by atoms with Crippen molar-refractivity contribution < 1.29 is 22.3 Å². The molecule has 0 spiro atoms. The largest absolute Gasteiger partial charge is 0.767 e. The van der Waals surface area contributed by atoms with E-state index in [1.54, 1.807) is 23.9 Å². The Balaban J connectivity index is 1.30. The summed E-state index contributed by atoms with van der Waals surface area (Å²) in [7, 11) is 1.76. The lowest BCUT2D eigenvalue weighted by Gasteiger charge is -2.51. The summed E-state index contributed by atoms with van der Waals surface area (Å²) in [5, 5.41) is 4.54. The molecule has 3 heterocycles. The lowest BCUT2D eigenvalue weighted by molar-refractivity contribution is -0.0109. The standard InChI is InChI=1S/C31H34F2N4O3S/c1-40-29(20-5-6-20)31-17-27-28(37(34-30(27)41(38)39)24-9-7-22(32)8-10-24)15-21(31)11-13-36(19-31)26-4-2-3-25(16-26)35-14-12-23(33)18-35/h2-4,7-10,15-16,20,23,29H,5-6,11-14,17-19H2,1H3,(H,38,39)/p-1/t23-,29+,31?/m0/s1. The summed E-state index contributed by atoms with van der Waals surface area (Å²) in [6.45, 7) is 2.60. The highest BCUT2D eigenvalue weighted by Crippen LogP contribution is 2.54. The molecule has 7 rings (SSSR count). The molecule has 0 bridgehead atoms. The van der Waals surface area contributed by atoms with Crippen LogP contribution in [0.2, 0.25) is 0 Å². The van der Waals surface area contributed by atoms with Crippen LogP contribution in [0.15, 0.2) is 59.1 Å². The van der Waals surface area contributed by atoms with Gasteiger partial charge in [-0.1, -0.05) is 11.6 Å². The zero-order chi connectivity index (χ0) is 28.3. The van der Waals surface area contributed by atoms with Gasteiger partial charge in [0.2, 0.25) is 0 Å². The SMILES string of the molecule is CO[C@H](C1CC1)C12Cc3c(S(=O)[O-])nn(-c4ccc(F)cc4)c3C=C1CCN(c1cccc(N3CC[C@H](F)C3)c1)C2. The van der Waals surface area contributed by atoms with Crippen molar-refractivity contribution in [2.24, 2.45) is 11.3 Å². The average molecular weight is 580 g/mol. The van der Waals surface area contributed by atoms with E-state index in [0.29, 0.717) is 49.6 Å². The fraction of sp³-hybridized carbons (Fsp3) is 0.452. The van der Waals surface area contributed by atoms with Crippen molar-refractivity contribution in [1.29, 1.82) is 0 Å². The number of nitrogens with zero attached hydrogens (tertiary/aromatic N) is 4. The molecular formula is C31H33F2N4O3S-. The van der Waals surface area contributed by atoms with Crippen LogP contribution >= 0.6 is 0 Å². The Morgan fingerprint density at radius 3 is 2.49 bits per heavy atom. The number of hydrogen-bond donors (Lipinski definition) is 0. The molecule has 10 heteroatoms. The number of hydrogen-bond acceptors (Lipinski definition) is 6. The molecule has 2 aromatic carbocycles. The van der Waals surface area contributed by atoms with Crippen molar-refractivity contribution >= 4 is 28.5 Å². The summed E-state index contributed by atoms with van der Waals surface area (Å²) in [4.78, 5) is 4.48. The van der Waals surface area contributed by atoms with E-state index in [4.69, 9.17) is 4.74 Å². The van der Waals surface area contributed by atoms with Gasteiger partial charge in [0, 0.05) is 55.6 Å². The molecule has 1 saturated carbocycles. The number of aromatic nitrogens is 2. The van der Waals surface area contributed by atoms with E-state index in [1.807, 2.05) is 12.1 Å². The smallest absolute Gasteiger partial charge is 0.139 e. The third kappa shape index (κ3) is 4.70. The van der Waals surface area contributed by atoms with Crippen LogP contribution in [0, 0.1) is 17.2 Å². The molecule has 0 N–H and O–H groups in total. The summed E-state index contributed by atoms with van der Waals surface area (Å²) >= 11 is -2.54. The second-order valence-corrected chi connectivity index (χ2v) is 12.7. The molecule has 2 aliphatic heterocycles. The Morgan fingerprint density at radius 1 is 1.07 bits per heavy atom. The van der Waals surface area contributed by atoms with E-state index < -0.39 is 22.7 Å². The van der Waals surface area contributed by atoms with Gasteiger partial charge in [0.05, 0.1) is 17.5 Å². The first kappa shape index (κ1) is 26.8. The fourth-order valence-corrected chi connectivity index (χ4v) is 7.79. The second kappa shape index (κ2) is 10.3. The Morgan fingerprint density at radius 2 is 1.83 bits per heavy atom. The van der Waals surface area contributed by atoms with Crippen LogP contribution in [0.5, 0.6) is 0 Å². The minimum absolute atomic E-state index is 0.0265. The Kier molecular flexibility index (Phi) is 6.75. The Labute approximate surface area is 241 Å². The molecular weight excluding hydrogens is 546 g/mol. The quantitative estimate of drug-likeness (QED) is 0.365. The van der Waals surface area contributed by atoms with Crippen molar-refractivity contribution in [2.75, 3.05) is 43.1 Å². The Hall–Kier alpha value is -3.08. The van der Waals surface area contributed by atoms with E-state index in [1.165, 1.54) is 17.7 Å². The lowest BCUT2D eigenvalue weighted by atomic mass is 9.63. The van der Waals surface area contributed by atoms with Gasteiger partial charge >= 0.3 is 0 Å². The number of ether oxygens (including phenoxy) is 1. The van der Waals surface area contributed by atoms with Crippen molar-refractivity contribution in [3.63, 3.8) is 0 Å². The zero-order valence-electron chi connectivity index (χ0n) is 23.0. The van der Waals surface area contributed by atoms with E-state index in [2.05, 4.69) is 33.1 Å². The van der Waals surface area contributed by atoms with Crippen molar-refractivity contribution in [1.82, 2.24) is 9.78 Å². The third-order valence-electron chi connectivity index (χ3n) is 9.32. The minimum Gasteiger partial charge on any atom is -0.767 e. The molecule has 7 nitrogen and oxygen atoms in total. The number of alkyl halides is 1. The van der Waals surface area contributed by atoms with Gasteiger partial charge in [0.25, 0.3) is 0 Å². The summed E-state index contributed by atoms with van der Waals surface area (Å²) in [6.07, 6.45) is 5.25. The van der Waals surface area contributed by atoms with Crippen LogP contribution in [0.4, 0.5) is 20.2 Å². The highest BCUT2D eigenvalue weighted by molar-refractivity contribution is 7.79. The van der Waals surface area contributed by atoms with Gasteiger partial charge in [-0.05, 0) is 97.6 Å². The van der Waals surface area contributed by atoms with Gasteiger partial charge in [-0.2, -0.15) is 5.10 Å². The molecule has 41 heavy (non-hydrogen) atoms. The second-order valence-electron chi connectivity index (χ2n) is 11.8. The van der Waals surface area contributed by atoms with Crippen molar-refractivity contribution in [3.05, 3.63) is 71.2 Å². The van der Waals surface area contributed by atoms with E-state index in [-0.39, 0.29) is 16.9 Å².